The van der Waals surface area contributed by atoms with Crippen LogP contribution in [0.2, 0.25) is 0 Å². The molecule has 3 aromatic rings. The van der Waals surface area contributed by atoms with Gasteiger partial charge in [-0.2, -0.15) is 0 Å². The number of amides is 1. The van der Waals surface area contributed by atoms with E-state index in [0.29, 0.717) is 5.69 Å². The monoisotopic (exact) mass is 419 g/mol. The minimum atomic E-state index is -0.642. The lowest BCUT2D eigenvalue weighted by Crippen LogP contribution is -2.43. The van der Waals surface area contributed by atoms with E-state index in [1.807, 2.05) is 68.6 Å². The maximum absolute atomic E-state index is 13.7. The minimum Gasteiger partial charge on any atom is -0.497 e. The molecule has 162 valence electrons. The van der Waals surface area contributed by atoms with Crippen LogP contribution in [0.4, 0.5) is 5.69 Å². The van der Waals surface area contributed by atoms with Crippen LogP contribution < -0.4 is 15.6 Å². The summed E-state index contributed by atoms with van der Waals surface area (Å²) in [5.41, 5.74) is 1.94. The number of anilines is 1. The fourth-order valence-electron chi connectivity index (χ4n) is 4.66. The first-order valence-electron chi connectivity index (χ1n) is 10.8. The number of para-hydroxylation sites is 1. The molecule has 1 saturated carbocycles. The Labute approximate surface area is 182 Å². The summed E-state index contributed by atoms with van der Waals surface area (Å²) in [5.74, 6) is 0.656. The molecule has 0 bridgehead atoms. The topological polar surface area (TPSA) is 65.3 Å². The first-order chi connectivity index (χ1) is 15.0. The first-order valence-corrected chi connectivity index (χ1v) is 10.8. The summed E-state index contributed by atoms with van der Waals surface area (Å²) in [6, 6.07) is 17.2. The van der Waals surface area contributed by atoms with Crippen LogP contribution in [0, 0.1) is 6.92 Å². The van der Waals surface area contributed by atoms with E-state index in [2.05, 4.69) is 5.32 Å². The number of hydrogen-bond donors (Lipinski definition) is 1. The van der Waals surface area contributed by atoms with Crippen LogP contribution in [-0.2, 0) is 17.3 Å². The van der Waals surface area contributed by atoms with Crippen molar-refractivity contribution >= 4 is 11.6 Å². The van der Waals surface area contributed by atoms with Crippen molar-refractivity contribution in [3.63, 3.8) is 0 Å². The number of nitrogens with one attached hydrogen (secondary N) is 1. The molecule has 1 N–H and O–H groups in total. The highest BCUT2D eigenvalue weighted by atomic mass is 16.5. The molecule has 0 unspecified atom stereocenters. The number of carbonyl (C=O) groups is 1. The average molecular weight is 420 g/mol. The molecule has 0 aliphatic heterocycles. The van der Waals surface area contributed by atoms with Crippen LogP contribution in [0.25, 0.3) is 5.69 Å². The number of carbonyl (C=O) groups excluding carboxylic acids is 1. The van der Waals surface area contributed by atoms with Crippen molar-refractivity contribution in [2.24, 2.45) is 7.05 Å². The molecule has 1 heterocycles. The first kappa shape index (κ1) is 21.0. The predicted molar refractivity (Wildman–Crippen MR) is 122 cm³/mol. The average Bonchev–Trinajstić information content (AvgIpc) is 3.03. The fraction of sp³-hybridized carbons (Fsp3) is 0.360. The molecule has 6 nitrogen and oxygen atoms in total. The molecular weight excluding hydrogens is 390 g/mol. The second-order valence-corrected chi connectivity index (χ2v) is 8.26. The van der Waals surface area contributed by atoms with Crippen LogP contribution in [0.1, 0.15) is 43.4 Å². The highest BCUT2D eigenvalue weighted by Gasteiger charge is 2.41. The van der Waals surface area contributed by atoms with E-state index < -0.39 is 5.41 Å². The molecule has 0 spiro atoms. The van der Waals surface area contributed by atoms with Crippen molar-refractivity contribution in [3.8, 4) is 11.4 Å². The quantitative estimate of drug-likeness (QED) is 0.669. The lowest BCUT2D eigenvalue weighted by atomic mass is 9.68. The summed E-state index contributed by atoms with van der Waals surface area (Å²) in [6.45, 7) is 1.86. The van der Waals surface area contributed by atoms with E-state index in [1.165, 1.54) is 0 Å². The molecule has 1 aromatic heterocycles. The molecular formula is C25H29N3O3. The number of benzene rings is 2. The Kier molecular flexibility index (Phi) is 5.72. The van der Waals surface area contributed by atoms with Crippen LogP contribution in [0.5, 0.6) is 5.75 Å². The number of methoxy groups -OCH3 is 1. The molecule has 0 saturated heterocycles. The Bertz CT molecular complexity index is 1120. The predicted octanol–water partition coefficient (Wildman–Crippen LogP) is 4.33. The van der Waals surface area contributed by atoms with Crippen molar-refractivity contribution < 1.29 is 9.53 Å². The summed E-state index contributed by atoms with van der Waals surface area (Å²) in [5, 5.41) is 3.02. The zero-order chi connectivity index (χ0) is 22.0. The van der Waals surface area contributed by atoms with Crippen LogP contribution in [0.15, 0.2) is 59.4 Å². The Hall–Kier alpha value is -3.28. The second kappa shape index (κ2) is 8.46. The third-order valence-electron chi connectivity index (χ3n) is 6.58. The molecule has 1 fully saturated rings. The van der Waals surface area contributed by atoms with Gasteiger partial charge in [-0.05, 0) is 49.6 Å². The van der Waals surface area contributed by atoms with E-state index >= 15 is 0 Å². The number of nitrogens with zero attached hydrogens (tertiary/aromatic N) is 2. The third kappa shape index (κ3) is 3.67. The zero-order valence-corrected chi connectivity index (χ0v) is 18.4. The van der Waals surface area contributed by atoms with E-state index in [-0.39, 0.29) is 11.5 Å². The van der Waals surface area contributed by atoms with Gasteiger partial charge in [0.1, 0.15) is 11.4 Å². The molecule has 1 aliphatic rings. The Balaban J connectivity index is 1.72. The molecule has 31 heavy (non-hydrogen) atoms. The summed E-state index contributed by atoms with van der Waals surface area (Å²) in [6.07, 6.45) is 4.63. The number of aromatic nitrogens is 2. The van der Waals surface area contributed by atoms with Crippen LogP contribution >= 0.6 is 0 Å². The second-order valence-electron chi connectivity index (χ2n) is 8.26. The molecule has 0 radical (unpaired) electrons. The van der Waals surface area contributed by atoms with Gasteiger partial charge in [-0.3, -0.25) is 14.3 Å². The van der Waals surface area contributed by atoms with Gasteiger partial charge in [-0.1, -0.05) is 49.6 Å². The Morgan fingerprint density at radius 2 is 1.65 bits per heavy atom. The van der Waals surface area contributed by atoms with Gasteiger partial charge in [0.25, 0.3) is 5.56 Å². The lowest BCUT2D eigenvalue weighted by Gasteiger charge is -2.36. The zero-order valence-electron chi connectivity index (χ0n) is 18.4. The van der Waals surface area contributed by atoms with Crippen molar-refractivity contribution in [1.29, 1.82) is 0 Å². The fourth-order valence-corrected chi connectivity index (χ4v) is 4.66. The molecule has 1 aliphatic carbocycles. The highest BCUT2D eigenvalue weighted by Crippen LogP contribution is 2.41. The van der Waals surface area contributed by atoms with E-state index in [1.54, 1.807) is 16.5 Å². The van der Waals surface area contributed by atoms with Gasteiger partial charge in [0, 0.05) is 7.05 Å². The smallest absolute Gasteiger partial charge is 0.295 e. The maximum atomic E-state index is 13.7. The number of rotatable bonds is 5. The van der Waals surface area contributed by atoms with Crippen LogP contribution in [-0.4, -0.2) is 22.4 Å². The SMILES string of the molecule is COc1ccc(C2(C(=O)Nc3c(C)n(C)n(-c4ccccc4)c3=O)CCCCC2)cc1. The van der Waals surface area contributed by atoms with Gasteiger partial charge >= 0.3 is 0 Å². The van der Waals surface area contributed by atoms with E-state index in [0.717, 1.165) is 54.8 Å². The maximum Gasteiger partial charge on any atom is 0.295 e. The Morgan fingerprint density at radius 3 is 2.26 bits per heavy atom. The summed E-state index contributed by atoms with van der Waals surface area (Å²) < 4.78 is 8.66. The molecule has 4 rings (SSSR count). The molecule has 0 atom stereocenters. The van der Waals surface area contributed by atoms with E-state index in [4.69, 9.17) is 4.74 Å². The van der Waals surface area contributed by atoms with Gasteiger partial charge in [-0.15, -0.1) is 0 Å². The summed E-state index contributed by atoms with van der Waals surface area (Å²) in [4.78, 5) is 27.0. The van der Waals surface area contributed by atoms with Gasteiger partial charge in [0.05, 0.1) is 23.9 Å². The minimum absolute atomic E-state index is 0.108. The van der Waals surface area contributed by atoms with Gasteiger partial charge < -0.3 is 10.1 Å². The van der Waals surface area contributed by atoms with Crippen molar-refractivity contribution in [1.82, 2.24) is 9.36 Å². The molecule has 1 amide bonds. The Morgan fingerprint density at radius 1 is 1.00 bits per heavy atom. The number of ether oxygens (including phenoxy) is 1. The van der Waals surface area contributed by atoms with Crippen molar-refractivity contribution in [2.75, 3.05) is 12.4 Å². The molecule has 6 heteroatoms. The van der Waals surface area contributed by atoms with Crippen molar-refractivity contribution in [2.45, 2.75) is 44.4 Å². The third-order valence-corrected chi connectivity index (χ3v) is 6.58. The normalized spacial score (nSPS) is 15.5. The van der Waals surface area contributed by atoms with Crippen molar-refractivity contribution in [3.05, 3.63) is 76.2 Å². The largest absolute Gasteiger partial charge is 0.497 e. The van der Waals surface area contributed by atoms with Gasteiger partial charge in [0.15, 0.2) is 0 Å². The summed E-state index contributed by atoms with van der Waals surface area (Å²) >= 11 is 0. The van der Waals surface area contributed by atoms with E-state index in [9.17, 15) is 9.59 Å². The highest BCUT2D eigenvalue weighted by molar-refractivity contribution is 5.99. The van der Waals surface area contributed by atoms with Gasteiger partial charge in [-0.25, -0.2) is 4.68 Å². The summed E-state index contributed by atoms with van der Waals surface area (Å²) in [7, 11) is 3.47. The van der Waals surface area contributed by atoms with Crippen LogP contribution in [0.3, 0.4) is 0 Å². The lowest BCUT2D eigenvalue weighted by molar-refractivity contribution is -0.122. The molecule has 2 aromatic carbocycles. The standard InChI is InChI=1S/C25H29N3O3/c1-18-22(23(29)28(27(18)2)20-10-6-4-7-11-20)26-24(30)25(16-8-5-9-17-25)19-12-14-21(31-3)15-13-19/h4,6-7,10-15H,5,8-9,16-17H2,1-3H3,(H,26,30). The van der Waals surface area contributed by atoms with Gasteiger partial charge in [0.2, 0.25) is 5.91 Å². The number of hydrogen-bond acceptors (Lipinski definition) is 3.